The number of aromatic nitrogens is 3. The lowest BCUT2D eigenvalue weighted by atomic mass is 9.81. The highest BCUT2D eigenvalue weighted by Gasteiger charge is 2.35. The number of benzene rings is 6. The molecule has 9 rings (SSSR count). The van der Waals surface area contributed by atoms with Gasteiger partial charge in [-0.2, -0.15) is 0 Å². The summed E-state index contributed by atoms with van der Waals surface area (Å²) in [5.41, 5.74) is 12.5. The van der Waals surface area contributed by atoms with E-state index in [1.54, 1.807) is 6.20 Å². The molecule has 0 saturated carbocycles. The highest BCUT2D eigenvalue weighted by atomic mass is 14.9. The molecule has 8 aromatic rings. The number of nitrogens with zero attached hydrogens (tertiary/aromatic N) is 3. The Morgan fingerprint density at radius 1 is 0.447 bits per heavy atom. The van der Waals surface area contributed by atoms with Gasteiger partial charge in [0.25, 0.3) is 0 Å². The largest absolute Gasteiger partial charge is 0.264 e. The summed E-state index contributed by atoms with van der Waals surface area (Å²) in [7, 11) is 0. The van der Waals surface area contributed by atoms with Crippen LogP contribution >= 0.6 is 0 Å². The zero-order chi connectivity index (χ0) is 31.5. The molecule has 2 aromatic heterocycles. The van der Waals surface area contributed by atoms with E-state index in [2.05, 4.69) is 146 Å². The Morgan fingerprint density at radius 3 is 2.06 bits per heavy atom. The molecule has 0 radical (unpaired) electrons. The third kappa shape index (κ3) is 4.46. The van der Waals surface area contributed by atoms with Gasteiger partial charge in [0.15, 0.2) is 5.82 Å². The van der Waals surface area contributed by atoms with Crippen LogP contribution in [0.3, 0.4) is 0 Å². The van der Waals surface area contributed by atoms with E-state index in [0.717, 1.165) is 39.2 Å². The number of hydrogen-bond acceptors (Lipinski definition) is 3. The predicted molar refractivity (Wildman–Crippen MR) is 194 cm³/mol. The zero-order valence-corrected chi connectivity index (χ0v) is 26.3. The molecular formula is C44H31N3. The third-order valence-corrected chi connectivity index (χ3v) is 9.77. The quantitative estimate of drug-likeness (QED) is 0.188. The Labute approximate surface area is 274 Å². The third-order valence-electron chi connectivity index (χ3n) is 9.77. The lowest BCUT2D eigenvalue weighted by molar-refractivity contribution is 0.661. The van der Waals surface area contributed by atoms with Gasteiger partial charge < -0.3 is 0 Å². The maximum atomic E-state index is 5.25. The summed E-state index contributed by atoms with van der Waals surface area (Å²) in [5, 5.41) is 4.93. The molecular weight excluding hydrogens is 571 g/mol. The molecule has 1 aliphatic rings. The summed E-state index contributed by atoms with van der Waals surface area (Å²) in [6, 6.07) is 49.8. The highest BCUT2D eigenvalue weighted by molar-refractivity contribution is 6.13. The van der Waals surface area contributed by atoms with Crippen molar-refractivity contribution < 1.29 is 0 Å². The fourth-order valence-corrected chi connectivity index (χ4v) is 7.35. The number of hydrogen-bond donors (Lipinski definition) is 0. The van der Waals surface area contributed by atoms with Gasteiger partial charge in [-0.15, -0.1) is 0 Å². The summed E-state index contributed by atoms with van der Waals surface area (Å²) in [6.45, 7) is 4.69. The molecule has 0 unspecified atom stereocenters. The molecule has 0 bridgehead atoms. The van der Waals surface area contributed by atoms with Gasteiger partial charge in [0.1, 0.15) is 0 Å². The molecule has 6 aromatic carbocycles. The van der Waals surface area contributed by atoms with Gasteiger partial charge in [-0.3, -0.25) is 4.98 Å². The average molecular weight is 602 g/mol. The minimum Gasteiger partial charge on any atom is -0.264 e. The van der Waals surface area contributed by atoms with Gasteiger partial charge in [0.05, 0.1) is 11.4 Å². The van der Waals surface area contributed by atoms with Crippen LogP contribution in [0.15, 0.2) is 152 Å². The van der Waals surface area contributed by atoms with Gasteiger partial charge in [-0.25, -0.2) is 9.97 Å². The van der Waals surface area contributed by atoms with Crippen LogP contribution in [-0.2, 0) is 5.41 Å². The van der Waals surface area contributed by atoms with Crippen LogP contribution in [0, 0.1) is 0 Å². The Kier molecular flexibility index (Phi) is 6.16. The Bertz CT molecular complexity index is 2480. The lowest BCUT2D eigenvalue weighted by Crippen LogP contribution is -2.14. The molecule has 0 N–H and O–H groups in total. The summed E-state index contributed by atoms with van der Waals surface area (Å²) < 4.78 is 0. The lowest BCUT2D eigenvalue weighted by Gasteiger charge is -2.22. The average Bonchev–Trinajstić information content (AvgIpc) is 3.36. The van der Waals surface area contributed by atoms with Crippen LogP contribution in [0.1, 0.15) is 25.0 Å². The summed E-state index contributed by atoms with van der Waals surface area (Å²) in [6.07, 6.45) is 3.69. The zero-order valence-electron chi connectivity index (χ0n) is 26.3. The normalized spacial score (nSPS) is 13.1. The summed E-state index contributed by atoms with van der Waals surface area (Å²) in [5.74, 6) is 0.696. The van der Waals surface area contributed by atoms with Crippen molar-refractivity contribution in [2.75, 3.05) is 0 Å². The molecule has 0 fully saturated rings. The van der Waals surface area contributed by atoms with Crippen LogP contribution in [0.5, 0.6) is 0 Å². The summed E-state index contributed by atoms with van der Waals surface area (Å²) >= 11 is 0. The first-order chi connectivity index (χ1) is 23.0. The monoisotopic (exact) mass is 601 g/mol. The molecule has 3 heteroatoms. The van der Waals surface area contributed by atoms with Crippen LogP contribution in [0.4, 0.5) is 0 Å². The minimum absolute atomic E-state index is 0.0591. The SMILES string of the molecule is CC1(C)c2ccccc2-c2cc3ccc4c(-c5cc(-c6ccccc6)nc(-c6cccc(-c7cccnc7)c6)n5)cccc4c3cc21. The van der Waals surface area contributed by atoms with Gasteiger partial charge in [0.2, 0.25) is 0 Å². The first-order valence-corrected chi connectivity index (χ1v) is 16.1. The second kappa shape index (κ2) is 10.6. The Hall–Kier alpha value is -5.93. The molecule has 0 aliphatic heterocycles. The smallest absolute Gasteiger partial charge is 0.160 e. The van der Waals surface area contributed by atoms with Crippen LogP contribution in [-0.4, -0.2) is 15.0 Å². The molecule has 0 spiro atoms. The van der Waals surface area contributed by atoms with Crippen molar-refractivity contribution in [3.8, 4) is 56.2 Å². The number of fused-ring (bicyclic) bond motifs is 6. The second-order valence-corrected chi connectivity index (χ2v) is 12.9. The van der Waals surface area contributed by atoms with E-state index < -0.39 is 0 Å². The molecule has 222 valence electrons. The van der Waals surface area contributed by atoms with Crippen LogP contribution in [0.25, 0.3) is 77.7 Å². The van der Waals surface area contributed by atoms with Crippen molar-refractivity contribution in [1.82, 2.24) is 15.0 Å². The minimum atomic E-state index is -0.0591. The van der Waals surface area contributed by atoms with Crippen molar-refractivity contribution in [3.05, 3.63) is 163 Å². The second-order valence-electron chi connectivity index (χ2n) is 12.9. The van der Waals surface area contributed by atoms with Crippen molar-refractivity contribution in [2.24, 2.45) is 0 Å². The van der Waals surface area contributed by atoms with E-state index in [0.29, 0.717) is 5.82 Å². The van der Waals surface area contributed by atoms with Gasteiger partial charge in [-0.1, -0.05) is 123 Å². The van der Waals surface area contributed by atoms with Crippen molar-refractivity contribution in [2.45, 2.75) is 19.3 Å². The fraction of sp³-hybridized carbons (Fsp3) is 0.0682. The van der Waals surface area contributed by atoms with E-state index >= 15 is 0 Å². The highest BCUT2D eigenvalue weighted by Crippen LogP contribution is 2.50. The van der Waals surface area contributed by atoms with Crippen molar-refractivity contribution >= 4 is 21.5 Å². The molecule has 0 saturated heterocycles. The van der Waals surface area contributed by atoms with Crippen LogP contribution in [0.2, 0.25) is 0 Å². The van der Waals surface area contributed by atoms with Gasteiger partial charge in [-0.05, 0) is 79.7 Å². The van der Waals surface area contributed by atoms with Crippen molar-refractivity contribution in [3.63, 3.8) is 0 Å². The van der Waals surface area contributed by atoms with Crippen LogP contribution < -0.4 is 0 Å². The number of pyridine rings is 1. The Balaban J connectivity index is 1.24. The first kappa shape index (κ1) is 27.4. The molecule has 0 amide bonds. The van der Waals surface area contributed by atoms with Gasteiger partial charge in [0, 0.05) is 40.1 Å². The molecule has 2 heterocycles. The standard InChI is InChI=1S/C44H31N3/c1-44(2)39-19-7-6-16-35(39)38-24-30-20-21-34-33(37(30)25-40(38)44)17-9-18-36(34)42-26-41(28-11-4-3-5-12-28)46-43(47-42)31-14-8-13-29(23-31)32-15-10-22-45-27-32/h3-27H,1-2H3. The molecule has 3 nitrogen and oxygen atoms in total. The topological polar surface area (TPSA) is 38.7 Å². The molecule has 0 atom stereocenters. The summed E-state index contributed by atoms with van der Waals surface area (Å²) in [4.78, 5) is 14.7. The maximum absolute atomic E-state index is 5.25. The predicted octanol–water partition coefficient (Wildman–Crippen LogP) is 11.2. The first-order valence-electron chi connectivity index (χ1n) is 16.1. The van der Waals surface area contributed by atoms with Gasteiger partial charge >= 0.3 is 0 Å². The van der Waals surface area contributed by atoms with E-state index in [1.165, 1.54) is 43.8 Å². The van der Waals surface area contributed by atoms with E-state index in [9.17, 15) is 0 Å². The molecule has 1 aliphatic carbocycles. The fourth-order valence-electron chi connectivity index (χ4n) is 7.35. The molecule has 47 heavy (non-hydrogen) atoms. The van der Waals surface area contributed by atoms with E-state index in [4.69, 9.17) is 9.97 Å². The Morgan fingerprint density at radius 2 is 1.19 bits per heavy atom. The van der Waals surface area contributed by atoms with E-state index in [-0.39, 0.29) is 5.41 Å². The van der Waals surface area contributed by atoms with Crippen molar-refractivity contribution in [1.29, 1.82) is 0 Å². The number of rotatable bonds is 4. The maximum Gasteiger partial charge on any atom is 0.160 e. The van der Waals surface area contributed by atoms with E-state index in [1.807, 2.05) is 18.3 Å².